The summed E-state index contributed by atoms with van der Waals surface area (Å²) in [4.78, 5) is 21.8. The number of piperidine rings is 1. The molecule has 1 aliphatic rings. The Labute approximate surface area is 180 Å². The number of benzene rings is 1. The molecule has 3 heterocycles. The number of anilines is 2. The Hall–Kier alpha value is -3.17. The molecule has 3 aromatic rings. The summed E-state index contributed by atoms with van der Waals surface area (Å²) in [6.45, 7) is 2.82. The molecular formula is C22H28N6O3. The molecule has 1 aliphatic heterocycles. The molecule has 9 nitrogen and oxygen atoms in total. The number of rotatable bonds is 7. The Morgan fingerprint density at radius 1 is 1.19 bits per heavy atom. The minimum atomic E-state index is -1.01. The van der Waals surface area contributed by atoms with Gasteiger partial charge in [0.15, 0.2) is 0 Å². The largest absolute Gasteiger partial charge is 0.465 e. The molecule has 0 aliphatic carbocycles. The number of hydrogen-bond donors (Lipinski definition) is 4. The number of hydrogen-bond acceptors (Lipinski definition) is 6. The first-order valence-corrected chi connectivity index (χ1v) is 10.5. The number of carbonyl (C=O) groups is 1. The van der Waals surface area contributed by atoms with E-state index in [4.69, 9.17) is 5.11 Å². The standard InChI is InChI=1S/C22H28N6O3/c1-27-13-8-22(31,9-14-27)17-3-5-18(6-4-17)25-20-24-15-16-7-12-28(19(16)26-20)11-2-10-23-21(29)30/h3-7,12,15,23,31H,2,8-11,13-14H2,1H3,(H,29,30)(H,24,25,26). The van der Waals surface area contributed by atoms with Crippen molar-refractivity contribution in [3.05, 3.63) is 48.3 Å². The Bertz CT molecular complexity index is 1040. The zero-order valence-corrected chi connectivity index (χ0v) is 17.6. The van der Waals surface area contributed by atoms with Crippen molar-refractivity contribution in [3.63, 3.8) is 0 Å². The van der Waals surface area contributed by atoms with Gasteiger partial charge in [-0.05, 0) is 50.1 Å². The second kappa shape index (κ2) is 8.91. The number of aryl methyl sites for hydroxylation is 1. The van der Waals surface area contributed by atoms with Gasteiger partial charge in [0, 0.05) is 49.6 Å². The maximum absolute atomic E-state index is 11.0. The maximum Gasteiger partial charge on any atom is 0.404 e. The van der Waals surface area contributed by atoms with Crippen molar-refractivity contribution in [3.8, 4) is 0 Å². The average molecular weight is 425 g/mol. The Morgan fingerprint density at radius 3 is 2.65 bits per heavy atom. The Kier molecular flexibility index (Phi) is 6.06. The van der Waals surface area contributed by atoms with Crippen molar-refractivity contribution in [2.24, 2.45) is 0 Å². The molecule has 0 atom stereocenters. The van der Waals surface area contributed by atoms with Gasteiger partial charge in [-0.1, -0.05) is 12.1 Å². The molecule has 164 valence electrons. The van der Waals surface area contributed by atoms with Gasteiger partial charge in [0.25, 0.3) is 0 Å². The summed E-state index contributed by atoms with van der Waals surface area (Å²) in [5.74, 6) is 0.488. The first kappa shape index (κ1) is 21.1. The molecule has 0 radical (unpaired) electrons. The van der Waals surface area contributed by atoms with E-state index in [0.29, 0.717) is 25.5 Å². The second-order valence-electron chi connectivity index (χ2n) is 8.10. The quantitative estimate of drug-likeness (QED) is 0.431. The molecule has 1 amide bonds. The number of aromatic nitrogens is 3. The molecule has 1 saturated heterocycles. The Balaban J connectivity index is 1.43. The fraction of sp³-hybridized carbons (Fsp3) is 0.409. The predicted octanol–water partition coefficient (Wildman–Crippen LogP) is 2.75. The van der Waals surface area contributed by atoms with Crippen molar-refractivity contribution in [1.82, 2.24) is 24.8 Å². The minimum absolute atomic E-state index is 0.389. The van der Waals surface area contributed by atoms with Crippen LogP contribution in [0.15, 0.2) is 42.7 Å². The SMILES string of the molecule is CN1CCC(O)(c2ccc(Nc3ncc4ccn(CCCNC(=O)O)c4n3)cc2)CC1. The lowest BCUT2D eigenvalue weighted by Gasteiger charge is -2.37. The lowest BCUT2D eigenvalue weighted by molar-refractivity contribution is -0.0203. The predicted molar refractivity (Wildman–Crippen MR) is 119 cm³/mol. The van der Waals surface area contributed by atoms with Crippen LogP contribution < -0.4 is 10.6 Å². The molecule has 0 bridgehead atoms. The number of amides is 1. The normalized spacial score (nSPS) is 16.3. The van der Waals surface area contributed by atoms with Crippen LogP contribution in [0.25, 0.3) is 11.0 Å². The van der Waals surface area contributed by atoms with E-state index >= 15 is 0 Å². The lowest BCUT2D eigenvalue weighted by Crippen LogP contribution is -2.40. The number of aliphatic hydroxyl groups is 1. The molecule has 2 aromatic heterocycles. The van der Waals surface area contributed by atoms with E-state index in [9.17, 15) is 9.90 Å². The highest BCUT2D eigenvalue weighted by Crippen LogP contribution is 2.33. The van der Waals surface area contributed by atoms with Crippen LogP contribution in [0.3, 0.4) is 0 Å². The zero-order chi connectivity index (χ0) is 21.8. The van der Waals surface area contributed by atoms with Crippen LogP contribution in [0.4, 0.5) is 16.4 Å². The summed E-state index contributed by atoms with van der Waals surface area (Å²) in [5.41, 5.74) is 1.82. The molecule has 4 N–H and O–H groups in total. The van der Waals surface area contributed by atoms with Crippen molar-refractivity contribution in [2.75, 3.05) is 32.0 Å². The van der Waals surface area contributed by atoms with E-state index in [1.165, 1.54) is 0 Å². The molecule has 0 saturated carbocycles. The highest BCUT2D eigenvalue weighted by atomic mass is 16.4. The van der Waals surface area contributed by atoms with Crippen LogP contribution in [0.5, 0.6) is 0 Å². The average Bonchev–Trinajstić information content (AvgIpc) is 3.16. The third-order valence-electron chi connectivity index (χ3n) is 5.85. The van der Waals surface area contributed by atoms with Crippen LogP contribution in [0, 0.1) is 0 Å². The lowest BCUT2D eigenvalue weighted by atomic mass is 9.84. The van der Waals surface area contributed by atoms with Crippen LogP contribution in [0.2, 0.25) is 0 Å². The summed E-state index contributed by atoms with van der Waals surface area (Å²) < 4.78 is 1.99. The van der Waals surface area contributed by atoms with Crippen LogP contribution in [0.1, 0.15) is 24.8 Å². The topological polar surface area (TPSA) is 116 Å². The summed E-state index contributed by atoms with van der Waals surface area (Å²) in [5, 5.41) is 26.2. The van der Waals surface area contributed by atoms with E-state index in [1.807, 2.05) is 41.1 Å². The molecule has 0 spiro atoms. The summed E-state index contributed by atoms with van der Waals surface area (Å²) in [6, 6.07) is 9.75. The molecule has 0 unspecified atom stereocenters. The Morgan fingerprint density at radius 2 is 1.94 bits per heavy atom. The van der Waals surface area contributed by atoms with E-state index in [1.54, 1.807) is 6.20 Å². The second-order valence-corrected chi connectivity index (χ2v) is 8.10. The van der Waals surface area contributed by atoms with Gasteiger partial charge in [-0.3, -0.25) is 0 Å². The third kappa shape index (κ3) is 4.95. The smallest absolute Gasteiger partial charge is 0.404 e. The molecule has 1 fully saturated rings. The first-order valence-electron chi connectivity index (χ1n) is 10.5. The maximum atomic E-state index is 11.0. The molecule has 4 rings (SSSR count). The third-order valence-corrected chi connectivity index (χ3v) is 5.85. The number of fused-ring (bicyclic) bond motifs is 1. The number of nitrogens with one attached hydrogen (secondary N) is 2. The number of nitrogens with zero attached hydrogens (tertiary/aromatic N) is 4. The summed E-state index contributed by atoms with van der Waals surface area (Å²) >= 11 is 0. The van der Waals surface area contributed by atoms with E-state index < -0.39 is 11.7 Å². The summed E-state index contributed by atoms with van der Waals surface area (Å²) in [7, 11) is 2.08. The van der Waals surface area contributed by atoms with Gasteiger partial charge in [0.1, 0.15) is 5.65 Å². The highest BCUT2D eigenvalue weighted by molar-refractivity contribution is 5.76. The van der Waals surface area contributed by atoms with Crippen molar-refractivity contribution in [2.45, 2.75) is 31.4 Å². The number of carboxylic acid groups (broad SMARTS) is 1. The monoisotopic (exact) mass is 424 g/mol. The van der Waals surface area contributed by atoms with Crippen molar-refractivity contribution < 1.29 is 15.0 Å². The van der Waals surface area contributed by atoms with Gasteiger partial charge in [0.2, 0.25) is 5.95 Å². The van der Waals surface area contributed by atoms with Gasteiger partial charge in [-0.15, -0.1) is 0 Å². The van der Waals surface area contributed by atoms with Crippen molar-refractivity contribution in [1.29, 1.82) is 0 Å². The highest BCUT2D eigenvalue weighted by Gasteiger charge is 2.32. The van der Waals surface area contributed by atoms with Crippen LogP contribution in [-0.4, -0.2) is 62.4 Å². The first-order chi connectivity index (χ1) is 14.9. The molecule has 1 aromatic carbocycles. The minimum Gasteiger partial charge on any atom is -0.465 e. The van der Waals surface area contributed by atoms with E-state index in [-0.39, 0.29) is 0 Å². The van der Waals surface area contributed by atoms with Gasteiger partial charge >= 0.3 is 6.09 Å². The van der Waals surface area contributed by atoms with Gasteiger partial charge < -0.3 is 30.3 Å². The van der Waals surface area contributed by atoms with E-state index in [2.05, 4.69) is 32.5 Å². The van der Waals surface area contributed by atoms with Crippen LogP contribution in [-0.2, 0) is 12.1 Å². The number of likely N-dealkylation sites (tertiary alicyclic amines) is 1. The zero-order valence-electron chi connectivity index (χ0n) is 17.6. The van der Waals surface area contributed by atoms with Crippen LogP contribution >= 0.6 is 0 Å². The molecule has 9 heteroatoms. The van der Waals surface area contributed by atoms with Gasteiger partial charge in [-0.25, -0.2) is 9.78 Å². The van der Waals surface area contributed by atoms with Gasteiger partial charge in [-0.2, -0.15) is 4.98 Å². The summed E-state index contributed by atoms with van der Waals surface area (Å²) in [6.07, 6.45) is 4.82. The van der Waals surface area contributed by atoms with Gasteiger partial charge in [0.05, 0.1) is 5.60 Å². The van der Waals surface area contributed by atoms with E-state index in [0.717, 1.165) is 48.2 Å². The molecule has 31 heavy (non-hydrogen) atoms. The fourth-order valence-corrected chi connectivity index (χ4v) is 3.93. The van der Waals surface area contributed by atoms with Crippen molar-refractivity contribution >= 4 is 28.8 Å². The fourth-order valence-electron chi connectivity index (χ4n) is 3.93. The molecular weight excluding hydrogens is 396 g/mol.